The van der Waals surface area contributed by atoms with Gasteiger partial charge in [0.05, 0.1) is 34.5 Å². The highest BCUT2D eigenvalue weighted by Crippen LogP contribution is 2.26. The second-order valence-electron chi connectivity index (χ2n) is 7.88. The minimum atomic E-state index is -3.80. The van der Waals surface area contributed by atoms with Crippen molar-refractivity contribution in [1.29, 1.82) is 0 Å². The van der Waals surface area contributed by atoms with Gasteiger partial charge in [-0.3, -0.25) is 4.79 Å². The molecule has 176 valence electrons. The van der Waals surface area contributed by atoms with Crippen LogP contribution in [-0.2, 0) is 26.0 Å². The van der Waals surface area contributed by atoms with Crippen LogP contribution in [-0.4, -0.2) is 30.8 Å². The molecule has 0 aliphatic carbocycles. The van der Waals surface area contributed by atoms with E-state index in [9.17, 15) is 17.6 Å². The van der Waals surface area contributed by atoms with E-state index in [0.29, 0.717) is 18.7 Å². The molecule has 0 radical (unpaired) electrons. The number of sulfonamides is 1. The molecule has 1 atom stereocenters. The van der Waals surface area contributed by atoms with Gasteiger partial charge >= 0.3 is 5.97 Å². The summed E-state index contributed by atoms with van der Waals surface area (Å²) in [4.78, 5) is 11.8. The van der Waals surface area contributed by atoms with Gasteiger partial charge in [-0.15, -0.1) is 0 Å². The fraction of sp³-hybridized carbons (Fsp3) is 0.333. The number of rotatable bonds is 10. The van der Waals surface area contributed by atoms with Crippen LogP contribution in [0.4, 0.5) is 4.39 Å². The van der Waals surface area contributed by atoms with Gasteiger partial charge in [0, 0.05) is 5.56 Å². The van der Waals surface area contributed by atoms with E-state index in [1.54, 1.807) is 35.9 Å². The zero-order chi connectivity index (χ0) is 24.0. The van der Waals surface area contributed by atoms with Crippen molar-refractivity contribution >= 4 is 16.0 Å². The number of carbonyl (C=O) groups excluding carboxylic acids is 1. The number of aryl methyl sites for hydroxylation is 1. The van der Waals surface area contributed by atoms with E-state index in [-0.39, 0.29) is 22.6 Å². The molecule has 0 bridgehead atoms. The largest absolute Gasteiger partial charge is 0.466 e. The molecule has 1 aromatic heterocycles. The third-order valence-corrected chi connectivity index (χ3v) is 6.25. The van der Waals surface area contributed by atoms with Crippen LogP contribution in [0.1, 0.15) is 38.8 Å². The summed E-state index contributed by atoms with van der Waals surface area (Å²) in [5, 5.41) is 9.90. The second kappa shape index (κ2) is 10.7. The maximum absolute atomic E-state index is 13.4. The number of primary sulfonamides is 1. The molecule has 0 aliphatic heterocycles. The third kappa shape index (κ3) is 6.49. The first-order chi connectivity index (χ1) is 15.7. The quantitative estimate of drug-likeness (QED) is 0.350. The molecular formula is C24H28FN3O4S. The molecule has 1 unspecified atom stereocenters. The number of hydrogen-bond acceptors (Lipinski definition) is 5. The molecule has 3 rings (SSSR count). The molecule has 1 heterocycles. The summed E-state index contributed by atoms with van der Waals surface area (Å²) in [6.07, 6.45) is 3.13. The second-order valence-corrected chi connectivity index (χ2v) is 9.44. The van der Waals surface area contributed by atoms with Crippen LogP contribution in [0.15, 0.2) is 59.5 Å². The number of esters is 1. The molecular weight excluding hydrogens is 445 g/mol. The highest BCUT2D eigenvalue weighted by Gasteiger charge is 2.15. The molecule has 7 nitrogen and oxygen atoms in total. The van der Waals surface area contributed by atoms with Crippen molar-refractivity contribution in [2.75, 3.05) is 6.61 Å². The van der Waals surface area contributed by atoms with Crippen molar-refractivity contribution in [3.8, 4) is 16.9 Å². The van der Waals surface area contributed by atoms with Gasteiger partial charge in [0.25, 0.3) is 0 Å². The summed E-state index contributed by atoms with van der Waals surface area (Å²) in [6.45, 7) is 4.04. The van der Waals surface area contributed by atoms with Crippen LogP contribution >= 0.6 is 0 Å². The van der Waals surface area contributed by atoms with Crippen LogP contribution in [0.25, 0.3) is 16.9 Å². The van der Waals surface area contributed by atoms with Crippen LogP contribution in [0.2, 0.25) is 0 Å². The lowest BCUT2D eigenvalue weighted by Gasteiger charge is -2.09. The summed E-state index contributed by atoms with van der Waals surface area (Å²) in [7, 11) is -3.80. The van der Waals surface area contributed by atoms with E-state index in [1.807, 2.05) is 13.0 Å². The van der Waals surface area contributed by atoms with Crippen molar-refractivity contribution < 1.29 is 22.3 Å². The maximum Gasteiger partial charge on any atom is 0.308 e. The van der Waals surface area contributed by atoms with Gasteiger partial charge < -0.3 is 4.74 Å². The highest BCUT2D eigenvalue weighted by atomic mass is 32.2. The van der Waals surface area contributed by atoms with Gasteiger partial charge in [0.2, 0.25) is 10.0 Å². The smallest absolute Gasteiger partial charge is 0.308 e. The summed E-state index contributed by atoms with van der Waals surface area (Å²) >= 11 is 0. The lowest BCUT2D eigenvalue weighted by Crippen LogP contribution is -2.14. The number of halogens is 1. The minimum absolute atomic E-state index is 0.0117. The summed E-state index contributed by atoms with van der Waals surface area (Å²) in [5.74, 6) is -0.656. The SMILES string of the molecule is CCOC(=O)C(C)CCCCc1cc(-c2ccc(F)cc2)n(-c2ccc(S(N)(=O)=O)cc2)n1. The Hall–Kier alpha value is -3.04. The topological polar surface area (TPSA) is 104 Å². The average molecular weight is 474 g/mol. The van der Waals surface area contributed by atoms with Gasteiger partial charge in [-0.25, -0.2) is 22.6 Å². The number of carbonyl (C=O) groups is 1. The van der Waals surface area contributed by atoms with E-state index in [1.165, 1.54) is 24.3 Å². The lowest BCUT2D eigenvalue weighted by molar-refractivity contribution is -0.147. The standard InChI is InChI=1S/C24H28FN3O4S/c1-3-32-24(29)17(2)6-4-5-7-20-16-23(18-8-10-19(25)11-9-18)28(27-20)21-12-14-22(15-13-21)33(26,30)31/h8-17H,3-7H2,1-2H3,(H2,26,30,31). The van der Waals surface area contributed by atoms with Gasteiger partial charge in [0.1, 0.15) is 5.82 Å². The average Bonchev–Trinajstić information content (AvgIpc) is 3.21. The van der Waals surface area contributed by atoms with Crippen molar-refractivity contribution in [2.24, 2.45) is 11.1 Å². The highest BCUT2D eigenvalue weighted by molar-refractivity contribution is 7.89. The molecule has 2 N–H and O–H groups in total. The number of benzene rings is 2. The molecule has 0 fully saturated rings. The fourth-order valence-electron chi connectivity index (χ4n) is 3.51. The van der Waals surface area contributed by atoms with E-state index in [4.69, 9.17) is 15.0 Å². The molecule has 33 heavy (non-hydrogen) atoms. The Morgan fingerprint density at radius 2 is 1.79 bits per heavy atom. The zero-order valence-corrected chi connectivity index (χ0v) is 19.5. The number of hydrogen-bond donors (Lipinski definition) is 1. The predicted molar refractivity (Wildman–Crippen MR) is 124 cm³/mol. The monoisotopic (exact) mass is 473 g/mol. The summed E-state index contributed by atoms with van der Waals surface area (Å²) in [6, 6.07) is 14.2. The molecule has 0 aliphatic rings. The Morgan fingerprint density at radius 1 is 1.12 bits per heavy atom. The number of unbranched alkanes of at least 4 members (excludes halogenated alkanes) is 1. The fourth-order valence-corrected chi connectivity index (χ4v) is 4.03. The number of nitrogens with two attached hydrogens (primary N) is 1. The Morgan fingerprint density at radius 3 is 2.39 bits per heavy atom. The van der Waals surface area contributed by atoms with Crippen molar-refractivity contribution in [3.63, 3.8) is 0 Å². The van der Waals surface area contributed by atoms with E-state index < -0.39 is 10.0 Å². The first-order valence-electron chi connectivity index (χ1n) is 10.8. The Bertz CT molecular complexity index is 1190. The van der Waals surface area contributed by atoms with Gasteiger partial charge in [0.15, 0.2) is 0 Å². The van der Waals surface area contributed by atoms with Crippen molar-refractivity contribution in [1.82, 2.24) is 9.78 Å². The van der Waals surface area contributed by atoms with Crippen molar-refractivity contribution in [2.45, 2.75) is 44.4 Å². The van der Waals surface area contributed by atoms with Gasteiger partial charge in [-0.2, -0.15) is 5.10 Å². The van der Waals surface area contributed by atoms with Crippen LogP contribution in [0.5, 0.6) is 0 Å². The molecule has 0 saturated carbocycles. The molecule has 0 saturated heterocycles. The molecule has 2 aromatic carbocycles. The van der Waals surface area contributed by atoms with Gasteiger partial charge in [-0.1, -0.05) is 13.3 Å². The zero-order valence-electron chi connectivity index (χ0n) is 18.7. The predicted octanol–water partition coefficient (Wildman–Crippen LogP) is 4.24. The van der Waals surface area contributed by atoms with E-state index >= 15 is 0 Å². The van der Waals surface area contributed by atoms with Gasteiger partial charge in [-0.05, 0) is 80.8 Å². The number of nitrogens with zero attached hydrogens (tertiary/aromatic N) is 2. The molecule has 0 spiro atoms. The number of ether oxygens (including phenoxy) is 1. The first kappa shape index (κ1) is 24.6. The summed E-state index contributed by atoms with van der Waals surface area (Å²) < 4.78 is 43.3. The van der Waals surface area contributed by atoms with E-state index in [0.717, 1.165) is 36.2 Å². The Balaban J connectivity index is 1.80. The van der Waals surface area contributed by atoms with Crippen LogP contribution in [0.3, 0.4) is 0 Å². The molecule has 0 amide bonds. The normalized spacial score (nSPS) is 12.5. The first-order valence-corrected chi connectivity index (χ1v) is 12.4. The lowest BCUT2D eigenvalue weighted by atomic mass is 10.0. The van der Waals surface area contributed by atoms with Crippen LogP contribution < -0.4 is 5.14 Å². The van der Waals surface area contributed by atoms with Crippen molar-refractivity contribution in [3.05, 3.63) is 66.1 Å². The van der Waals surface area contributed by atoms with Crippen LogP contribution in [0, 0.1) is 11.7 Å². The molecule has 9 heteroatoms. The third-order valence-electron chi connectivity index (χ3n) is 5.32. The Kier molecular flexibility index (Phi) is 7.99. The molecule has 3 aromatic rings. The number of aromatic nitrogens is 2. The minimum Gasteiger partial charge on any atom is -0.466 e. The van der Waals surface area contributed by atoms with E-state index in [2.05, 4.69) is 0 Å². The maximum atomic E-state index is 13.4. The summed E-state index contributed by atoms with van der Waals surface area (Å²) in [5.41, 5.74) is 3.03. The Labute approximate surface area is 193 Å².